The van der Waals surface area contributed by atoms with Gasteiger partial charge in [0.15, 0.2) is 5.84 Å². The summed E-state index contributed by atoms with van der Waals surface area (Å²) < 4.78 is 60.9. The lowest BCUT2D eigenvalue weighted by molar-refractivity contribution is -0.134. The average Bonchev–Trinajstić information content (AvgIpc) is 3.54. The maximum atomic E-state index is 13.8. The van der Waals surface area contributed by atoms with Crippen molar-refractivity contribution >= 4 is 43.2 Å². The standard InChI is InChI=1S/C23H24N4O7S2/c1-35(30,31)25-14-6-7-16-17(10-14)36(32,33)26-22(24-16)19-21(28)18-12-4-5-13(9-12)20(18)27(23(19)29)11-15-3-2-8-34-15/h2-3,6-8,10,12-13,18,20,25,28H,4-5,9,11H2,1H3,(H,24,26)/t12-,13+,18?,20?/m0/s1. The van der Waals surface area contributed by atoms with Crippen LogP contribution in [-0.2, 0) is 31.4 Å². The molecule has 3 heterocycles. The van der Waals surface area contributed by atoms with Gasteiger partial charge in [-0.3, -0.25) is 9.52 Å². The second kappa shape index (κ2) is 7.84. The van der Waals surface area contributed by atoms with Crippen LogP contribution in [0.4, 0.5) is 11.4 Å². The van der Waals surface area contributed by atoms with Crippen LogP contribution in [0.5, 0.6) is 0 Å². The first-order valence-corrected chi connectivity index (χ1v) is 14.9. The van der Waals surface area contributed by atoms with Gasteiger partial charge in [0.1, 0.15) is 22.0 Å². The number of aliphatic hydroxyl groups excluding tert-OH is 1. The van der Waals surface area contributed by atoms with Crippen LogP contribution in [0, 0.1) is 17.8 Å². The van der Waals surface area contributed by atoms with E-state index in [1.54, 1.807) is 17.0 Å². The highest BCUT2D eigenvalue weighted by molar-refractivity contribution is 7.92. The van der Waals surface area contributed by atoms with E-state index >= 15 is 0 Å². The van der Waals surface area contributed by atoms with Crippen LogP contribution in [0.2, 0.25) is 0 Å². The van der Waals surface area contributed by atoms with Crippen molar-refractivity contribution in [2.45, 2.75) is 36.7 Å². The summed E-state index contributed by atoms with van der Waals surface area (Å²) in [5.74, 6) is -0.158. The van der Waals surface area contributed by atoms with E-state index in [-0.39, 0.29) is 63.8 Å². The Morgan fingerprint density at radius 2 is 2.03 bits per heavy atom. The number of rotatable bonds is 5. The van der Waals surface area contributed by atoms with Crippen molar-refractivity contribution in [3.05, 3.63) is 53.7 Å². The van der Waals surface area contributed by atoms with E-state index in [4.69, 9.17) is 4.42 Å². The molecule has 2 aliphatic carbocycles. The molecule has 11 nitrogen and oxygen atoms in total. The van der Waals surface area contributed by atoms with Crippen molar-refractivity contribution in [3.8, 4) is 0 Å². The number of nitrogens with zero attached hydrogens (tertiary/aromatic N) is 2. The highest BCUT2D eigenvalue weighted by Gasteiger charge is 2.57. The highest BCUT2D eigenvalue weighted by Crippen LogP contribution is 2.55. The van der Waals surface area contributed by atoms with Gasteiger partial charge in [0, 0.05) is 17.6 Å². The van der Waals surface area contributed by atoms with Crippen LogP contribution in [0.1, 0.15) is 25.0 Å². The van der Waals surface area contributed by atoms with E-state index in [0.717, 1.165) is 31.6 Å². The van der Waals surface area contributed by atoms with E-state index in [1.807, 2.05) is 0 Å². The van der Waals surface area contributed by atoms with Crippen molar-refractivity contribution in [2.75, 3.05) is 16.3 Å². The molecule has 2 saturated carbocycles. The highest BCUT2D eigenvalue weighted by atomic mass is 32.2. The number of anilines is 2. The van der Waals surface area contributed by atoms with Crippen LogP contribution < -0.4 is 10.0 Å². The SMILES string of the molecule is CS(=O)(=O)Nc1ccc2c(c1)S(=O)(=O)N=C(C1=C(O)C3C([C@@H]4CC[C@H]3C4)N(Cc3ccco3)C1=O)N2. The molecule has 4 atom stereocenters. The molecule has 2 unspecified atom stereocenters. The zero-order valence-electron chi connectivity index (χ0n) is 19.2. The zero-order chi connectivity index (χ0) is 25.4. The van der Waals surface area contributed by atoms with Crippen LogP contribution in [0.15, 0.2) is 61.6 Å². The maximum Gasteiger partial charge on any atom is 0.286 e. The van der Waals surface area contributed by atoms with E-state index in [1.165, 1.54) is 18.4 Å². The number of sulfonamides is 2. The minimum absolute atomic E-state index is 0.0607. The van der Waals surface area contributed by atoms with Gasteiger partial charge in [-0.1, -0.05) is 0 Å². The number of carbonyl (C=O) groups excluding carboxylic acids is 1. The molecule has 0 radical (unpaired) electrons. The monoisotopic (exact) mass is 532 g/mol. The van der Waals surface area contributed by atoms with Crippen LogP contribution in [0.3, 0.4) is 0 Å². The number of furan rings is 1. The predicted molar refractivity (Wildman–Crippen MR) is 130 cm³/mol. The number of nitrogens with one attached hydrogen (secondary N) is 2. The topological polar surface area (TPSA) is 158 Å². The molecule has 1 aromatic heterocycles. The van der Waals surface area contributed by atoms with Crippen LogP contribution in [-0.4, -0.2) is 50.9 Å². The Hall–Kier alpha value is -3.32. The Balaban J connectivity index is 1.42. The number of aliphatic hydroxyl groups is 1. The number of hydrogen-bond acceptors (Lipinski definition) is 8. The first-order valence-electron chi connectivity index (χ1n) is 11.5. The number of benzene rings is 1. The Kier molecular flexibility index (Phi) is 5.03. The summed E-state index contributed by atoms with van der Waals surface area (Å²) in [7, 11) is -7.93. The fourth-order valence-electron chi connectivity index (χ4n) is 6.16. The van der Waals surface area contributed by atoms with Gasteiger partial charge >= 0.3 is 0 Å². The molecule has 1 amide bonds. The number of amidine groups is 1. The number of amides is 1. The third kappa shape index (κ3) is 3.68. The summed E-state index contributed by atoms with van der Waals surface area (Å²) in [5, 5.41) is 14.2. The summed E-state index contributed by atoms with van der Waals surface area (Å²) in [5.41, 5.74) is 0.0215. The molecule has 36 heavy (non-hydrogen) atoms. The molecule has 2 bridgehead atoms. The van der Waals surface area contributed by atoms with E-state index < -0.39 is 26.0 Å². The van der Waals surface area contributed by atoms with Gasteiger partial charge in [-0.2, -0.15) is 8.42 Å². The predicted octanol–water partition coefficient (Wildman–Crippen LogP) is 2.43. The van der Waals surface area contributed by atoms with Crippen molar-refractivity contribution < 1.29 is 31.2 Å². The van der Waals surface area contributed by atoms with Crippen molar-refractivity contribution in [1.82, 2.24) is 4.90 Å². The van der Waals surface area contributed by atoms with Gasteiger partial charge in [-0.25, -0.2) is 8.42 Å². The smallest absolute Gasteiger partial charge is 0.286 e. The molecule has 2 aliphatic heterocycles. The Bertz CT molecular complexity index is 1540. The molecule has 0 spiro atoms. The molecule has 4 aliphatic rings. The summed E-state index contributed by atoms with van der Waals surface area (Å²) in [4.78, 5) is 15.2. The lowest BCUT2D eigenvalue weighted by Crippen LogP contribution is -2.53. The van der Waals surface area contributed by atoms with E-state index in [9.17, 15) is 26.7 Å². The molecular weight excluding hydrogens is 508 g/mol. The molecule has 2 fully saturated rings. The second-order valence-electron chi connectivity index (χ2n) is 9.75. The lowest BCUT2D eigenvalue weighted by Gasteiger charge is -2.43. The Morgan fingerprint density at radius 1 is 1.25 bits per heavy atom. The normalized spacial score (nSPS) is 28.4. The Morgan fingerprint density at radius 3 is 2.75 bits per heavy atom. The van der Waals surface area contributed by atoms with Crippen LogP contribution in [0.25, 0.3) is 0 Å². The lowest BCUT2D eigenvalue weighted by atomic mass is 9.78. The quantitative estimate of drug-likeness (QED) is 0.530. The fourth-order valence-corrected chi connectivity index (χ4v) is 7.87. The molecular formula is C23H24N4O7S2. The van der Waals surface area contributed by atoms with Crippen molar-refractivity contribution in [3.63, 3.8) is 0 Å². The van der Waals surface area contributed by atoms with Crippen LogP contribution >= 0.6 is 0 Å². The van der Waals surface area contributed by atoms with E-state index in [2.05, 4.69) is 14.4 Å². The molecule has 3 N–H and O–H groups in total. The molecule has 190 valence electrons. The molecule has 1 aromatic carbocycles. The van der Waals surface area contributed by atoms with Crippen molar-refractivity contribution in [1.29, 1.82) is 0 Å². The zero-order valence-corrected chi connectivity index (χ0v) is 20.8. The number of fused-ring (bicyclic) bond motifs is 6. The third-order valence-electron chi connectivity index (χ3n) is 7.45. The van der Waals surface area contributed by atoms with Gasteiger partial charge in [0.2, 0.25) is 10.0 Å². The fraction of sp³-hybridized carbons (Fsp3) is 0.391. The number of hydrogen-bond donors (Lipinski definition) is 3. The summed E-state index contributed by atoms with van der Waals surface area (Å²) in [6.45, 7) is 0.199. The first kappa shape index (κ1) is 23.1. The first-order chi connectivity index (χ1) is 17.0. The minimum Gasteiger partial charge on any atom is -0.511 e. The van der Waals surface area contributed by atoms with Gasteiger partial charge in [-0.15, -0.1) is 4.40 Å². The number of carbonyl (C=O) groups is 1. The van der Waals surface area contributed by atoms with Gasteiger partial charge in [-0.05, 0) is 61.4 Å². The summed E-state index contributed by atoms with van der Waals surface area (Å²) in [6, 6.07) is 7.26. The molecule has 13 heteroatoms. The largest absolute Gasteiger partial charge is 0.511 e. The second-order valence-corrected chi connectivity index (χ2v) is 13.1. The molecule has 2 aromatic rings. The average molecular weight is 533 g/mol. The minimum atomic E-state index is -4.31. The third-order valence-corrected chi connectivity index (χ3v) is 9.37. The van der Waals surface area contributed by atoms with Gasteiger partial charge in [0.05, 0.1) is 24.8 Å². The molecule has 6 rings (SSSR count). The maximum absolute atomic E-state index is 13.8. The van der Waals surface area contributed by atoms with Gasteiger partial charge < -0.3 is 19.7 Å². The molecule has 0 saturated heterocycles. The van der Waals surface area contributed by atoms with Gasteiger partial charge in [0.25, 0.3) is 15.9 Å². The Labute approximate surface area is 208 Å². The van der Waals surface area contributed by atoms with E-state index in [0.29, 0.717) is 5.76 Å². The summed E-state index contributed by atoms with van der Waals surface area (Å²) in [6.07, 6.45) is 5.28. The summed E-state index contributed by atoms with van der Waals surface area (Å²) >= 11 is 0. The van der Waals surface area contributed by atoms with Crippen molar-refractivity contribution in [2.24, 2.45) is 22.2 Å².